The fourth-order valence-corrected chi connectivity index (χ4v) is 4.65. The molecule has 5 nitrogen and oxygen atoms in total. The summed E-state index contributed by atoms with van der Waals surface area (Å²) in [6.45, 7) is 4.47. The summed E-state index contributed by atoms with van der Waals surface area (Å²) in [7, 11) is -3.54. The molecular formula is C15H21NO4S. The molecule has 1 aliphatic rings. The van der Waals surface area contributed by atoms with Crippen LogP contribution in [0.1, 0.15) is 30.4 Å². The number of sulfonamides is 1. The van der Waals surface area contributed by atoms with Crippen molar-refractivity contribution >= 4 is 16.0 Å². The predicted molar refractivity (Wildman–Crippen MR) is 79.7 cm³/mol. The van der Waals surface area contributed by atoms with Gasteiger partial charge in [-0.3, -0.25) is 4.79 Å². The van der Waals surface area contributed by atoms with Crippen LogP contribution >= 0.6 is 0 Å². The molecule has 1 saturated heterocycles. The molecule has 0 aliphatic carbocycles. The molecule has 0 spiro atoms. The number of aliphatic carboxylic acids is 1. The first kappa shape index (κ1) is 16.0. The lowest BCUT2D eigenvalue weighted by Crippen LogP contribution is -2.40. The van der Waals surface area contributed by atoms with Crippen molar-refractivity contribution in [2.45, 2.75) is 38.0 Å². The highest BCUT2D eigenvalue weighted by molar-refractivity contribution is 7.89. The molecular weight excluding hydrogens is 290 g/mol. The average Bonchev–Trinajstić information content (AvgIpc) is 2.37. The van der Waals surface area contributed by atoms with Crippen molar-refractivity contribution in [1.29, 1.82) is 0 Å². The van der Waals surface area contributed by atoms with Crippen LogP contribution in [0.2, 0.25) is 0 Å². The first-order chi connectivity index (χ1) is 9.80. The van der Waals surface area contributed by atoms with E-state index in [1.165, 1.54) is 4.31 Å². The zero-order chi connectivity index (χ0) is 15.6. The topological polar surface area (TPSA) is 74.7 Å². The Hall–Kier alpha value is -1.40. The van der Waals surface area contributed by atoms with E-state index in [1.54, 1.807) is 19.1 Å². The van der Waals surface area contributed by atoms with Gasteiger partial charge in [0, 0.05) is 19.5 Å². The lowest BCUT2D eigenvalue weighted by molar-refractivity contribution is -0.138. The number of piperidine rings is 1. The van der Waals surface area contributed by atoms with Crippen LogP contribution in [-0.2, 0) is 14.8 Å². The van der Waals surface area contributed by atoms with E-state index >= 15 is 0 Å². The summed E-state index contributed by atoms with van der Waals surface area (Å²) in [5.41, 5.74) is 1.75. The third-order valence-electron chi connectivity index (χ3n) is 3.89. The normalized spacial score (nSPS) is 20.4. The number of hydrogen-bond acceptors (Lipinski definition) is 3. The molecule has 1 aromatic rings. The molecule has 1 fully saturated rings. The maximum Gasteiger partial charge on any atom is 0.303 e. The van der Waals surface area contributed by atoms with Gasteiger partial charge in [-0.2, -0.15) is 4.31 Å². The summed E-state index contributed by atoms with van der Waals surface area (Å²) < 4.78 is 26.9. The van der Waals surface area contributed by atoms with Gasteiger partial charge in [0.2, 0.25) is 10.0 Å². The molecule has 116 valence electrons. The maximum absolute atomic E-state index is 12.7. The zero-order valence-corrected chi connectivity index (χ0v) is 13.2. The first-order valence-electron chi connectivity index (χ1n) is 7.10. The molecule has 0 radical (unpaired) electrons. The number of carboxylic acid groups (broad SMARTS) is 1. The van der Waals surface area contributed by atoms with Crippen LogP contribution in [0.3, 0.4) is 0 Å². The summed E-state index contributed by atoms with van der Waals surface area (Å²) in [5, 5.41) is 8.88. The van der Waals surface area contributed by atoms with Crippen LogP contribution in [0.15, 0.2) is 23.1 Å². The smallest absolute Gasteiger partial charge is 0.303 e. The van der Waals surface area contributed by atoms with Crippen LogP contribution in [0.25, 0.3) is 0 Å². The number of rotatable bonds is 4. The summed E-state index contributed by atoms with van der Waals surface area (Å²) in [6.07, 6.45) is 1.51. The first-order valence-corrected chi connectivity index (χ1v) is 8.54. The average molecular weight is 311 g/mol. The Morgan fingerprint density at radius 3 is 2.71 bits per heavy atom. The lowest BCUT2D eigenvalue weighted by atomic mass is 9.96. The van der Waals surface area contributed by atoms with Crippen molar-refractivity contribution in [3.8, 4) is 0 Å². The molecule has 1 aliphatic heterocycles. The number of carbonyl (C=O) groups is 1. The van der Waals surface area contributed by atoms with Gasteiger partial charge < -0.3 is 5.11 Å². The largest absolute Gasteiger partial charge is 0.481 e. The van der Waals surface area contributed by atoms with Crippen molar-refractivity contribution in [3.63, 3.8) is 0 Å². The van der Waals surface area contributed by atoms with Gasteiger partial charge in [-0.25, -0.2) is 8.42 Å². The van der Waals surface area contributed by atoms with E-state index in [1.807, 2.05) is 13.0 Å². The van der Waals surface area contributed by atoms with Gasteiger partial charge in [0.25, 0.3) is 0 Å². The van der Waals surface area contributed by atoms with Crippen LogP contribution in [-0.4, -0.2) is 36.9 Å². The summed E-state index contributed by atoms with van der Waals surface area (Å²) >= 11 is 0. The molecule has 21 heavy (non-hydrogen) atoms. The Labute approximate surface area is 125 Å². The standard InChI is InChI=1S/C15H21NO4S/c1-11-5-6-14(12(2)8-11)21(19,20)16-7-3-4-13(10-16)9-15(17)18/h5-6,8,13H,3-4,7,9-10H2,1-2H3,(H,17,18). The van der Waals surface area contributed by atoms with Crippen LogP contribution in [0.4, 0.5) is 0 Å². The van der Waals surface area contributed by atoms with E-state index in [2.05, 4.69) is 0 Å². The summed E-state index contributed by atoms with van der Waals surface area (Å²) in [6, 6.07) is 5.28. The van der Waals surface area contributed by atoms with Crippen molar-refractivity contribution < 1.29 is 18.3 Å². The Bertz CT molecular complexity index is 639. The van der Waals surface area contributed by atoms with E-state index < -0.39 is 16.0 Å². The van der Waals surface area contributed by atoms with E-state index in [4.69, 9.17) is 5.11 Å². The number of aryl methyl sites for hydroxylation is 2. The van der Waals surface area contributed by atoms with Crippen LogP contribution < -0.4 is 0 Å². The summed E-state index contributed by atoms with van der Waals surface area (Å²) in [4.78, 5) is 11.1. The fourth-order valence-electron chi connectivity index (χ4n) is 2.89. The predicted octanol–water partition coefficient (Wildman–Crippen LogP) is 2.18. The SMILES string of the molecule is Cc1ccc(S(=O)(=O)N2CCCC(CC(=O)O)C2)c(C)c1. The molecule has 1 heterocycles. The second kappa shape index (κ2) is 6.15. The molecule has 0 saturated carbocycles. The van der Waals surface area contributed by atoms with Gasteiger partial charge in [-0.05, 0) is 44.2 Å². The van der Waals surface area contributed by atoms with Crippen LogP contribution in [0.5, 0.6) is 0 Å². The third-order valence-corrected chi connectivity index (χ3v) is 5.92. The highest BCUT2D eigenvalue weighted by atomic mass is 32.2. The highest BCUT2D eigenvalue weighted by Gasteiger charge is 2.31. The molecule has 0 aromatic heterocycles. The Balaban J connectivity index is 2.24. The van der Waals surface area contributed by atoms with Crippen LogP contribution in [0, 0.1) is 19.8 Å². The molecule has 1 atom stereocenters. The highest BCUT2D eigenvalue weighted by Crippen LogP contribution is 2.27. The van der Waals surface area contributed by atoms with Crippen molar-refractivity contribution in [2.24, 2.45) is 5.92 Å². The van der Waals surface area contributed by atoms with Gasteiger partial charge >= 0.3 is 5.97 Å². The van der Waals surface area contributed by atoms with Gasteiger partial charge in [0.15, 0.2) is 0 Å². The van der Waals surface area contributed by atoms with E-state index in [0.717, 1.165) is 17.5 Å². The molecule has 0 amide bonds. The second-order valence-electron chi connectivity index (χ2n) is 5.74. The zero-order valence-electron chi connectivity index (χ0n) is 12.4. The van der Waals surface area contributed by atoms with Gasteiger partial charge in [-0.15, -0.1) is 0 Å². The van der Waals surface area contributed by atoms with Gasteiger partial charge in [0.05, 0.1) is 4.90 Å². The van der Waals surface area contributed by atoms with Gasteiger partial charge in [-0.1, -0.05) is 17.7 Å². The van der Waals surface area contributed by atoms with E-state index in [-0.39, 0.29) is 12.3 Å². The Morgan fingerprint density at radius 2 is 2.10 bits per heavy atom. The van der Waals surface area contributed by atoms with Crippen molar-refractivity contribution in [2.75, 3.05) is 13.1 Å². The maximum atomic E-state index is 12.7. The molecule has 0 bridgehead atoms. The molecule has 1 unspecified atom stereocenters. The van der Waals surface area contributed by atoms with E-state index in [0.29, 0.717) is 24.4 Å². The molecule has 6 heteroatoms. The number of nitrogens with zero attached hydrogens (tertiary/aromatic N) is 1. The quantitative estimate of drug-likeness (QED) is 0.925. The molecule has 1 aromatic carbocycles. The monoisotopic (exact) mass is 311 g/mol. The molecule has 1 N–H and O–H groups in total. The van der Waals surface area contributed by atoms with E-state index in [9.17, 15) is 13.2 Å². The number of carboxylic acids is 1. The summed E-state index contributed by atoms with van der Waals surface area (Å²) in [5.74, 6) is -0.970. The minimum atomic E-state index is -3.54. The third kappa shape index (κ3) is 3.63. The molecule has 2 rings (SSSR count). The number of benzene rings is 1. The van der Waals surface area contributed by atoms with Crippen molar-refractivity contribution in [3.05, 3.63) is 29.3 Å². The second-order valence-corrected chi connectivity index (χ2v) is 7.64. The van der Waals surface area contributed by atoms with Crippen molar-refractivity contribution in [1.82, 2.24) is 4.31 Å². The number of hydrogen-bond donors (Lipinski definition) is 1. The Morgan fingerprint density at radius 1 is 1.38 bits per heavy atom. The minimum absolute atomic E-state index is 0.0267. The Kier molecular flexibility index (Phi) is 4.68. The minimum Gasteiger partial charge on any atom is -0.481 e. The van der Waals surface area contributed by atoms with Gasteiger partial charge in [0.1, 0.15) is 0 Å². The lowest BCUT2D eigenvalue weighted by Gasteiger charge is -2.31. The fraction of sp³-hybridized carbons (Fsp3) is 0.533.